The number of carbonyl (C=O) groups is 1. The van der Waals surface area contributed by atoms with Crippen molar-refractivity contribution in [3.8, 4) is 5.75 Å². The van der Waals surface area contributed by atoms with Gasteiger partial charge in [-0.15, -0.1) is 10.2 Å². The van der Waals surface area contributed by atoms with Crippen molar-refractivity contribution in [1.29, 1.82) is 0 Å². The van der Waals surface area contributed by atoms with Gasteiger partial charge in [-0.2, -0.15) is 0 Å². The number of ether oxygens (including phenoxy) is 1. The monoisotopic (exact) mass is 431 g/mol. The van der Waals surface area contributed by atoms with E-state index in [1.807, 2.05) is 25.1 Å². The highest BCUT2D eigenvalue weighted by atomic mass is 32.2. The standard InChI is InChI=1S/C20H21N3O4S2/c1-14-6-8-17(9-7-14)29(25,26)11-10-19-22-23-20(28-19)21-18(24)13-15-4-3-5-16(12-15)27-2/h3-9,12H,10-11,13H2,1-2H3,(H,21,23,24). The van der Waals surface area contributed by atoms with Crippen LogP contribution in [0.5, 0.6) is 5.75 Å². The Balaban J connectivity index is 1.56. The maximum Gasteiger partial charge on any atom is 0.230 e. The minimum absolute atomic E-state index is 0.0670. The first-order valence-electron chi connectivity index (χ1n) is 8.90. The van der Waals surface area contributed by atoms with Gasteiger partial charge >= 0.3 is 0 Å². The van der Waals surface area contributed by atoms with Crippen LogP contribution in [-0.2, 0) is 27.5 Å². The zero-order valence-corrected chi connectivity index (χ0v) is 17.7. The van der Waals surface area contributed by atoms with Crippen LogP contribution >= 0.6 is 11.3 Å². The Hall–Kier alpha value is -2.78. The van der Waals surface area contributed by atoms with Gasteiger partial charge in [0.1, 0.15) is 10.8 Å². The van der Waals surface area contributed by atoms with Crippen molar-refractivity contribution in [2.45, 2.75) is 24.7 Å². The van der Waals surface area contributed by atoms with E-state index in [-0.39, 0.29) is 24.5 Å². The Morgan fingerprint density at radius 2 is 1.90 bits per heavy atom. The fraction of sp³-hybridized carbons (Fsp3) is 0.250. The zero-order valence-electron chi connectivity index (χ0n) is 16.1. The van der Waals surface area contributed by atoms with Crippen molar-refractivity contribution in [3.05, 3.63) is 64.7 Å². The summed E-state index contributed by atoms with van der Waals surface area (Å²) in [5, 5.41) is 11.5. The maximum atomic E-state index is 12.4. The van der Waals surface area contributed by atoms with Gasteiger partial charge in [0.05, 0.1) is 24.2 Å². The Morgan fingerprint density at radius 1 is 1.14 bits per heavy atom. The molecule has 0 spiro atoms. The van der Waals surface area contributed by atoms with Crippen molar-refractivity contribution in [1.82, 2.24) is 10.2 Å². The van der Waals surface area contributed by atoms with Crippen molar-refractivity contribution >= 4 is 32.2 Å². The molecule has 1 heterocycles. The molecule has 9 heteroatoms. The maximum absolute atomic E-state index is 12.4. The van der Waals surface area contributed by atoms with E-state index in [2.05, 4.69) is 15.5 Å². The third-order valence-corrected chi connectivity index (χ3v) is 6.81. The lowest BCUT2D eigenvalue weighted by Crippen LogP contribution is -2.14. The molecule has 0 aliphatic rings. The van der Waals surface area contributed by atoms with Crippen LogP contribution in [0, 0.1) is 6.92 Å². The molecule has 0 aliphatic heterocycles. The fourth-order valence-corrected chi connectivity index (χ4v) is 4.75. The molecule has 0 saturated heterocycles. The number of carbonyl (C=O) groups excluding carboxylic acids is 1. The van der Waals surface area contributed by atoms with Crippen LogP contribution in [0.1, 0.15) is 16.1 Å². The lowest BCUT2D eigenvalue weighted by atomic mass is 10.1. The van der Waals surface area contributed by atoms with Crippen molar-refractivity contribution in [2.24, 2.45) is 0 Å². The number of rotatable bonds is 8. The molecule has 0 bridgehead atoms. The van der Waals surface area contributed by atoms with Crippen LogP contribution in [0.15, 0.2) is 53.4 Å². The number of nitrogens with one attached hydrogen (secondary N) is 1. The Kier molecular flexibility index (Phi) is 6.60. The summed E-state index contributed by atoms with van der Waals surface area (Å²) in [5.41, 5.74) is 1.82. The smallest absolute Gasteiger partial charge is 0.230 e. The van der Waals surface area contributed by atoms with Gasteiger partial charge in [-0.3, -0.25) is 4.79 Å². The summed E-state index contributed by atoms with van der Waals surface area (Å²) >= 11 is 1.17. The topological polar surface area (TPSA) is 98.2 Å². The molecule has 3 rings (SSSR count). The quantitative estimate of drug-likeness (QED) is 0.589. The highest BCUT2D eigenvalue weighted by molar-refractivity contribution is 7.91. The molecule has 0 atom stereocenters. The van der Waals surface area contributed by atoms with E-state index in [1.54, 1.807) is 37.4 Å². The molecule has 152 valence electrons. The van der Waals surface area contributed by atoms with Crippen molar-refractivity contribution < 1.29 is 17.9 Å². The number of aromatic nitrogens is 2. The first-order chi connectivity index (χ1) is 13.9. The molecule has 0 radical (unpaired) electrons. The minimum atomic E-state index is -3.40. The molecule has 0 fully saturated rings. The molecule has 2 aromatic carbocycles. The molecule has 1 aromatic heterocycles. The average Bonchev–Trinajstić information content (AvgIpc) is 3.14. The number of hydrogen-bond acceptors (Lipinski definition) is 7. The average molecular weight is 432 g/mol. The second-order valence-electron chi connectivity index (χ2n) is 6.46. The van der Waals surface area contributed by atoms with Crippen LogP contribution in [0.3, 0.4) is 0 Å². The van der Waals surface area contributed by atoms with E-state index in [1.165, 1.54) is 11.3 Å². The summed E-state index contributed by atoms with van der Waals surface area (Å²) in [7, 11) is -1.83. The molecule has 3 aromatic rings. The van der Waals surface area contributed by atoms with Gasteiger partial charge in [0, 0.05) is 6.42 Å². The molecule has 0 unspecified atom stereocenters. The number of sulfone groups is 1. The lowest BCUT2D eigenvalue weighted by molar-refractivity contribution is -0.115. The summed E-state index contributed by atoms with van der Waals surface area (Å²) in [5.74, 6) is 0.388. The van der Waals surface area contributed by atoms with Gasteiger partial charge < -0.3 is 10.1 Å². The van der Waals surface area contributed by atoms with Crippen LogP contribution in [0.2, 0.25) is 0 Å². The van der Waals surface area contributed by atoms with Gasteiger partial charge in [-0.25, -0.2) is 8.42 Å². The van der Waals surface area contributed by atoms with E-state index < -0.39 is 9.84 Å². The third kappa shape index (κ3) is 5.85. The predicted molar refractivity (Wildman–Crippen MR) is 112 cm³/mol. The van der Waals surface area contributed by atoms with E-state index in [4.69, 9.17) is 4.74 Å². The molecule has 7 nitrogen and oxygen atoms in total. The fourth-order valence-electron chi connectivity index (χ4n) is 2.62. The van der Waals surface area contributed by atoms with Crippen LogP contribution in [-0.4, -0.2) is 37.4 Å². The molecular formula is C20H21N3O4S2. The SMILES string of the molecule is COc1cccc(CC(=O)Nc2nnc(CCS(=O)(=O)c3ccc(C)cc3)s2)c1. The van der Waals surface area contributed by atoms with Gasteiger partial charge in [0.15, 0.2) is 9.84 Å². The molecule has 0 saturated carbocycles. The normalized spacial score (nSPS) is 11.2. The van der Waals surface area contributed by atoms with Gasteiger partial charge in [-0.05, 0) is 36.8 Å². The highest BCUT2D eigenvalue weighted by Gasteiger charge is 2.16. The van der Waals surface area contributed by atoms with E-state index >= 15 is 0 Å². The first kappa shape index (κ1) is 20.9. The van der Waals surface area contributed by atoms with Crippen LogP contribution < -0.4 is 10.1 Å². The summed E-state index contributed by atoms with van der Waals surface area (Å²) in [4.78, 5) is 12.5. The third-order valence-electron chi connectivity index (χ3n) is 4.18. The number of aryl methyl sites for hydroxylation is 2. The predicted octanol–water partition coefficient (Wildman–Crippen LogP) is 3.05. The van der Waals surface area contributed by atoms with Crippen LogP contribution in [0.25, 0.3) is 0 Å². The van der Waals surface area contributed by atoms with Crippen molar-refractivity contribution in [2.75, 3.05) is 18.2 Å². The number of amides is 1. The Bertz CT molecular complexity index is 1090. The summed E-state index contributed by atoms with van der Waals surface area (Å²) in [6, 6.07) is 14.0. The lowest BCUT2D eigenvalue weighted by Gasteiger charge is -2.04. The van der Waals surface area contributed by atoms with E-state index in [0.717, 1.165) is 11.1 Å². The van der Waals surface area contributed by atoms with Crippen LogP contribution in [0.4, 0.5) is 5.13 Å². The van der Waals surface area contributed by atoms with E-state index in [9.17, 15) is 13.2 Å². The highest BCUT2D eigenvalue weighted by Crippen LogP contribution is 2.19. The summed E-state index contributed by atoms with van der Waals surface area (Å²) < 4.78 is 30.0. The summed E-state index contributed by atoms with van der Waals surface area (Å²) in [6.45, 7) is 1.90. The number of nitrogens with zero attached hydrogens (tertiary/aromatic N) is 2. The number of anilines is 1. The van der Waals surface area contributed by atoms with Gasteiger partial charge in [0.25, 0.3) is 0 Å². The Labute approximate surface area is 173 Å². The Morgan fingerprint density at radius 3 is 2.62 bits per heavy atom. The molecular weight excluding hydrogens is 410 g/mol. The molecule has 0 aliphatic carbocycles. The second-order valence-corrected chi connectivity index (χ2v) is 9.63. The summed E-state index contributed by atoms with van der Waals surface area (Å²) in [6.07, 6.45) is 0.410. The number of benzene rings is 2. The first-order valence-corrected chi connectivity index (χ1v) is 11.4. The molecule has 1 N–H and O–H groups in total. The minimum Gasteiger partial charge on any atom is -0.497 e. The van der Waals surface area contributed by atoms with Gasteiger partial charge in [0.2, 0.25) is 11.0 Å². The zero-order chi connectivity index (χ0) is 20.9. The largest absolute Gasteiger partial charge is 0.497 e. The number of methoxy groups -OCH3 is 1. The number of hydrogen-bond donors (Lipinski definition) is 1. The van der Waals surface area contributed by atoms with Gasteiger partial charge in [-0.1, -0.05) is 41.2 Å². The van der Waals surface area contributed by atoms with Crippen molar-refractivity contribution in [3.63, 3.8) is 0 Å². The molecule has 29 heavy (non-hydrogen) atoms. The molecule has 1 amide bonds. The second kappa shape index (κ2) is 9.15. The van der Waals surface area contributed by atoms with E-state index in [0.29, 0.717) is 20.8 Å².